The van der Waals surface area contributed by atoms with Crippen molar-refractivity contribution in [2.24, 2.45) is 5.92 Å². The van der Waals surface area contributed by atoms with Gasteiger partial charge >= 0.3 is 10.1 Å². The van der Waals surface area contributed by atoms with Gasteiger partial charge in [0.15, 0.2) is 0 Å². The molecule has 0 bridgehead atoms. The molecule has 4 rings (SSSR count). The quantitative estimate of drug-likeness (QED) is 0.531. The number of para-hydroxylation sites is 1. The Morgan fingerprint density at radius 1 is 1.06 bits per heavy atom. The number of carbonyl (C=O) groups excluding carboxylic acids is 1. The molecule has 8 heteroatoms. The Labute approximate surface area is 189 Å². The molecule has 1 atom stereocenters. The number of methoxy groups -OCH3 is 1. The topological polar surface area (TPSA) is 82.1 Å². The summed E-state index contributed by atoms with van der Waals surface area (Å²) in [6.07, 6.45) is 4.84. The van der Waals surface area contributed by atoms with E-state index < -0.39 is 10.1 Å². The van der Waals surface area contributed by atoms with Crippen molar-refractivity contribution >= 4 is 16.0 Å². The SMILES string of the molecule is COc1ccc(S(=O)(=O)Oc2ccccc2CN(C[C@H]2CCCO2)C(=O)C2CCC2)cc1. The fourth-order valence-electron chi connectivity index (χ4n) is 4.01. The van der Waals surface area contributed by atoms with Gasteiger partial charge in [-0.05, 0) is 56.0 Å². The van der Waals surface area contributed by atoms with E-state index in [0.29, 0.717) is 17.9 Å². The molecule has 0 unspecified atom stereocenters. The Morgan fingerprint density at radius 3 is 2.44 bits per heavy atom. The third-order valence-electron chi connectivity index (χ3n) is 6.10. The minimum absolute atomic E-state index is 0.0233. The van der Waals surface area contributed by atoms with Crippen molar-refractivity contribution in [3.8, 4) is 11.5 Å². The highest BCUT2D eigenvalue weighted by atomic mass is 32.2. The second kappa shape index (κ2) is 9.92. The maximum absolute atomic E-state index is 13.1. The summed E-state index contributed by atoms with van der Waals surface area (Å²) < 4.78 is 42.1. The molecule has 2 aromatic rings. The monoisotopic (exact) mass is 459 g/mol. The zero-order chi connectivity index (χ0) is 22.6. The van der Waals surface area contributed by atoms with E-state index in [9.17, 15) is 13.2 Å². The van der Waals surface area contributed by atoms with Crippen molar-refractivity contribution in [1.29, 1.82) is 0 Å². The Bertz CT molecular complexity index is 1030. The fraction of sp³-hybridized carbons (Fsp3) is 0.458. The number of amides is 1. The molecule has 0 radical (unpaired) electrons. The molecule has 1 amide bonds. The molecule has 0 N–H and O–H groups in total. The second-order valence-electron chi connectivity index (χ2n) is 8.30. The van der Waals surface area contributed by atoms with Gasteiger partial charge in [0.1, 0.15) is 16.4 Å². The molecular formula is C24H29NO6S. The Hall–Kier alpha value is -2.58. The van der Waals surface area contributed by atoms with E-state index >= 15 is 0 Å². The van der Waals surface area contributed by atoms with Crippen LogP contribution in [0.1, 0.15) is 37.7 Å². The first-order valence-electron chi connectivity index (χ1n) is 11.0. The van der Waals surface area contributed by atoms with Crippen LogP contribution in [0.4, 0.5) is 0 Å². The van der Waals surface area contributed by atoms with E-state index in [1.54, 1.807) is 30.3 Å². The third kappa shape index (κ3) is 5.24. The highest BCUT2D eigenvalue weighted by molar-refractivity contribution is 7.87. The van der Waals surface area contributed by atoms with Crippen LogP contribution in [0.3, 0.4) is 0 Å². The van der Waals surface area contributed by atoms with Crippen LogP contribution in [-0.2, 0) is 26.2 Å². The first kappa shape index (κ1) is 22.6. The average Bonchev–Trinajstić information content (AvgIpc) is 3.26. The molecule has 1 saturated heterocycles. The first-order valence-corrected chi connectivity index (χ1v) is 12.4. The molecule has 1 aliphatic carbocycles. The van der Waals surface area contributed by atoms with Gasteiger partial charge in [0.2, 0.25) is 5.91 Å². The zero-order valence-corrected chi connectivity index (χ0v) is 19.1. The second-order valence-corrected chi connectivity index (χ2v) is 9.85. The lowest BCUT2D eigenvalue weighted by Crippen LogP contribution is -2.42. The fourth-order valence-corrected chi connectivity index (χ4v) is 4.97. The molecule has 1 saturated carbocycles. The number of ether oxygens (including phenoxy) is 2. The number of hydrogen-bond acceptors (Lipinski definition) is 6. The molecule has 172 valence electrons. The van der Waals surface area contributed by atoms with Gasteiger partial charge in [0.25, 0.3) is 0 Å². The summed E-state index contributed by atoms with van der Waals surface area (Å²) >= 11 is 0. The first-order chi connectivity index (χ1) is 15.5. The van der Waals surface area contributed by atoms with Crippen LogP contribution in [-0.4, -0.2) is 45.6 Å². The van der Waals surface area contributed by atoms with Gasteiger partial charge in [0, 0.05) is 31.2 Å². The van der Waals surface area contributed by atoms with Crippen LogP contribution in [0.15, 0.2) is 53.4 Å². The van der Waals surface area contributed by atoms with Crippen LogP contribution in [0, 0.1) is 5.92 Å². The minimum atomic E-state index is -4.03. The molecular weight excluding hydrogens is 430 g/mol. The van der Waals surface area contributed by atoms with Gasteiger partial charge in [-0.3, -0.25) is 4.79 Å². The lowest BCUT2D eigenvalue weighted by Gasteiger charge is -2.33. The third-order valence-corrected chi connectivity index (χ3v) is 7.34. The zero-order valence-electron chi connectivity index (χ0n) is 18.2. The smallest absolute Gasteiger partial charge is 0.339 e. The maximum atomic E-state index is 13.1. The predicted molar refractivity (Wildman–Crippen MR) is 119 cm³/mol. The van der Waals surface area contributed by atoms with E-state index in [-0.39, 0.29) is 35.1 Å². The van der Waals surface area contributed by atoms with Gasteiger partial charge < -0.3 is 18.6 Å². The highest BCUT2D eigenvalue weighted by Crippen LogP contribution is 2.31. The lowest BCUT2D eigenvalue weighted by atomic mass is 9.84. The van der Waals surface area contributed by atoms with Gasteiger partial charge in [-0.2, -0.15) is 8.42 Å². The number of carbonyl (C=O) groups is 1. The predicted octanol–water partition coefficient (Wildman–Crippen LogP) is 3.77. The Morgan fingerprint density at radius 2 is 1.81 bits per heavy atom. The summed E-state index contributed by atoms with van der Waals surface area (Å²) in [7, 11) is -2.52. The van der Waals surface area contributed by atoms with Crippen LogP contribution in [0.2, 0.25) is 0 Å². The molecule has 2 aliphatic rings. The Balaban J connectivity index is 1.54. The van der Waals surface area contributed by atoms with Crippen molar-refractivity contribution in [3.63, 3.8) is 0 Å². The summed E-state index contributed by atoms with van der Waals surface area (Å²) in [5.41, 5.74) is 0.648. The molecule has 1 aliphatic heterocycles. The molecule has 7 nitrogen and oxygen atoms in total. The number of rotatable bonds is 9. The summed E-state index contributed by atoms with van der Waals surface area (Å²) in [4.78, 5) is 14.9. The molecule has 32 heavy (non-hydrogen) atoms. The largest absolute Gasteiger partial charge is 0.497 e. The van der Waals surface area contributed by atoms with Gasteiger partial charge in [-0.1, -0.05) is 24.6 Å². The van der Waals surface area contributed by atoms with Crippen LogP contribution < -0.4 is 8.92 Å². The number of hydrogen-bond donors (Lipinski definition) is 0. The number of benzene rings is 2. The van der Waals surface area contributed by atoms with Crippen molar-refractivity contribution in [3.05, 3.63) is 54.1 Å². The standard InChI is InChI=1S/C24H29NO6S/c1-29-20-11-13-22(14-12-20)32(27,28)31-23-10-3-2-6-19(23)16-25(17-21-9-5-15-30-21)24(26)18-7-4-8-18/h2-3,6,10-14,18,21H,4-5,7-9,15-17H2,1H3/t21-/m1/s1. The lowest BCUT2D eigenvalue weighted by molar-refractivity contribution is -0.140. The van der Waals surface area contributed by atoms with Gasteiger partial charge in [-0.25, -0.2) is 0 Å². The maximum Gasteiger partial charge on any atom is 0.339 e. The normalized spacial score (nSPS) is 18.7. The molecule has 2 fully saturated rings. The summed E-state index contributed by atoms with van der Waals surface area (Å²) in [6.45, 7) is 1.51. The molecule has 1 heterocycles. The van der Waals surface area contributed by atoms with Crippen LogP contribution in [0.5, 0.6) is 11.5 Å². The van der Waals surface area contributed by atoms with Gasteiger partial charge in [-0.15, -0.1) is 0 Å². The van der Waals surface area contributed by atoms with E-state index in [1.165, 1.54) is 19.2 Å². The van der Waals surface area contributed by atoms with Gasteiger partial charge in [0.05, 0.1) is 13.2 Å². The van der Waals surface area contributed by atoms with E-state index in [2.05, 4.69) is 0 Å². The van der Waals surface area contributed by atoms with Crippen molar-refractivity contribution in [2.75, 3.05) is 20.3 Å². The molecule has 0 aromatic heterocycles. The van der Waals surface area contributed by atoms with Crippen molar-refractivity contribution in [2.45, 2.75) is 49.6 Å². The van der Waals surface area contributed by atoms with E-state index in [1.807, 2.05) is 11.0 Å². The van der Waals surface area contributed by atoms with Crippen molar-refractivity contribution < 1.29 is 26.9 Å². The van der Waals surface area contributed by atoms with E-state index in [0.717, 1.165) is 38.7 Å². The van der Waals surface area contributed by atoms with Crippen LogP contribution in [0.25, 0.3) is 0 Å². The molecule has 0 spiro atoms. The number of nitrogens with zero attached hydrogens (tertiary/aromatic N) is 1. The summed E-state index contributed by atoms with van der Waals surface area (Å²) in [5, 5.41) is 0. The van der Waals surface area contributed by atoms with Crippen molar-refractivity contribution in [1.82, 2.24) is 4.90 Å². The molecule has 2 aromatic carbocycles. The minimum Gasteiger partial charge on any atom is -0.497 e. The van der Waals surface area contributed by atoms with E-state index in [4.69, 9.17) is 13.7 Å². The average molecular weight is 460 g/mol. The Kier molecular flexibility index (Phi) is 7.01. The summed E-state index contributed by atoms with van der Waals surface area (Å²) in [6, 6.07) is 13.0. The summed E-state index contributed by atoms with van der Waals surface area (Å²) in [5.74, 6) is 0.942. The van der Waals surface area contributed by atoms with Crippen LogP contribution >= 0.6 is 0 Å². The highest BCUT2D eigenvalue weighted by Gasteiger charge is 2.32.